The van der Waals surface area contributed by atoms with Gasteiger partial charge in [0.1, 0.15) is 0 Å². The highest BCUT2D eigenvalue weighted by Gasteiger charge is 2.53. The molecule has 3 nitrogen and oxygen atoms in total. The average Bonchev–Trinajstić information content (AvgIpc) is 3.83. The third-order valence-electron chi connectivity index (χ3n) is 14.9. The fourth-order valence-electron chi connectivity index (χ4n) is 11.6. The highest BCUT2D eigenvalue weighted by Crippen LogP contribution is 2.57. The van der Waals surface area contributed by atoms with Crippen LogP contribution < -0.4 is 10.4 Å². The van der Waals surface area contributed by atoms with Gasteiger partial charge in [-0.2, -0.15) is 0 Å². The summed E-state index contributed by atoms with van der Waals surface area (Å²) in [7, 11) is 0. The predicted octanol–water partition coefficient (Wildman–Crippen LogP) is 14.9. The van der Waals surface area contributed by atoms with Gasteiger partial charge in [-0.25, -0.2) is 0 Å². The van der Waals surface area contributed by atoms with Gasteiger partial charge in [-0.05, 0) is 110 Å². The summed E-state index contributed by atoms with van der Waals surface area (Å²) in [4.78, 5) is 2.68. The smallest absolute Gasteiger partial charge is 0.329 e. The van der Waals surface area contributed by atoms with Crippen LogP contribution in [0.25, 0.3) is 66.1 Å². The van der Waals surface area contributed by atoms with Crippen molar-refractivity contribution >= 4 is 73.0 Å². The number of nitrogens with zero attached hydrogens (tertiary/aromatic N) is 3. The molecule has 2 aliphatic heterocycles. The maximum atomic E-state index is 2.78. The number of rotatable bonds is 2. The van der Waals surface area contributed by atoms with E-state index in [0.29, 0.717) is 0 Å². The Bertz CT molecular complexity index is 3460. The van der Waals surface area contributed by atoms with Crippen LogP contribution in [0, 0.1) is 0 Å². The Hall–Kier alpha value is -6.26. The van der Waals surface area contributed by atoms with Crippen LogP contribution in [-0.2, 0) is 21.7 Å². The van der Waals surface area contributed by atoms with E-state index in [1.165, 1.54) is 116 Å². The van der Waals surface area contributed by atoms with E-state index in [2.05, 4.69) is 230 Å². The summed E-state index contributed by atoms with van der Waals surface area (Å²) in [5, 5.41) is 5.18. The van der Waals surface area contributed by atoms with Crippen molar-refractivity contribution in [3.63, 3.8) is 0 Å². The predicted molar refractivity (Wildman–Crippen MR) is 271 cm³/mol. The monoisotopic (exact) mass is 817 g/mol. The van der Waals surface area contributed by atoms with E-state index in [9.17, 15) is 0 Å². The van der Waals surface area contributed by atoms with Gasteiger partial charge in [-0.1, -0.05) is 161 Å². The summed E-state index contributed by atoms with van der Waals surface area (Å²) < 4.78 is 5.25. The fraction of sp³-hybridized carbons (Fsp3) is 0.254. The van der Waals surface area contributed by atoms with Crippen molar-refractivity contribution in [3.05, 3.63) is 173 Å². The molecule has 0 amide bonds. The van der Waals surface area contributed by atoms with Crippen LogP contribution in [0.5, 0.6) is 0 Å². The number of fused-ring (bicyclic) bond motifs is 11. The van der Waals surface area contributed by atoms with Gasteiger partial charge in [0.2, 0.25) is 0 Å². The van der Waals surface area contributed by atoms with Crippen LogP contribution in [0.1, 0.15) is 104 Å². The number of hydrogen-bond donors (Lipinski definition) is 0. The minimum Gasteiger partial charge on any atom is -0.376 e. The van der Waals surface area contributed by atoms with Gasteiger partial charge in [-0.3, -0.25) is 0 Å². The zero-order chi connectivity index (χ0) is 43.7. The van der Waals surface area contributed by atoms with Gasteiger partial charge in [0, 0.05) is 71.9 Å². The molecule has 0 atom stereocenters. The molecule has 3 aliphatic rings. The van der Waals surface area contributed by atoms with Crippen molar-refractivity contribution in [2.45, 2.75) is 97.8 Å². The molecule has 0 radical (unpaired) electrons. The first-order valence-corrected chi connectivity index (χ1v) is 23.0. The van der Waals surface area contributed by atoms with E-state index < -0.39 is 0 Å². The van der Waals surface area contributed by atoms with E-state index in [1.54, 1.807) is 0 Å². The quantitative estimate of drug-likeness (QED) is 0.158. The fourth-order valence-corrected chi connectivity index (χ4v) is 11.6. The van der Waals surface area contributed by atoms with Gasteiger partial charge in [0.25, 0.3) is 0 Å². The van der Waals surface area contributed by atoms with E-state index >= 15 is 0 Å². The second kappa shape index (κ2) is 12.5. The standard InChI is InChI=1S/C59H56BN3/c1-56(2,3)35-24-27-39(28-25-35)62-51-32-37(58(7,8)9)31-45-42-22-17-21-41-44-33-49-43(40-20-15-16-23-48(40)61(49)38-18-13-12-14-19-38)34-50(44)63(53(41)42)60(52(45)51)55-54(62)46-30-36(57(4,5)6)26-29-47(46)59(55,10)11/h12-34H,1-11H3. The average molecular weight is 818 g/mol. The molecule has 4 heteroatoms. The number of aromatic nitrogens is 2. The minimum absolute atomic E-state index is 0.00229. The Labute approximate surface area is 372 Å². The Kier molecular flexibility index (Phi) is 7.61. The lowest BCUT2D eigenvalue weighted by Crippen LogP contribution is -2.52. The Morgan fingerprint density at radius 2 is 1.08 bits per heavy atom. The summed E-state index contributed by atoms with van der Waals surface area (Å²) in [6, 6.07) is 54.0. The summed E-state index contributed by atoms with van der Waals surface area (Å²) in [6.07, 6.45) is 0. The molecule has 0 spiro atoms. The topological polar surface area (TPSA) is 13.1 Å². The number of para-hydroxylation sites is 3. The molecule has 0 saturated carbocycles. The number of benzene rings is 7. The maximum Gasteiger partial charge on any atom is 0.329 e. The molecule has 2 aromatic heterocycles. The molecule has 310 valence electrons. The molecule has 0 fully saturated rings. The van der Waals surface area contributed by atoms with Crippen LogP contribution >= 0.6 is 0 Å². The molecule has 0 bridgehead atoms. The molecule has 1 aliphatic carbocycles. The maximum absolute atomic E-state index is 2.78. The molecule has 7 aromatic carbocycles. The third kappa shape index (κ3) is 5.21. The molecule has 0 unspecified atom stereocenters. The second-order valence-corrected chi connectivity index (χ2v) is 22.3. The van der Waals surface area contributed by atoms with Gasteiger partial charge < -0.3 is 13.9 Å². The van der Waals surface area contributed by atoms with Crippen LogP contribution in [0.15, 0.2) is 145 Å². The Balaban J connectivity index is 1.26. The molecule has 12 rings (SSSR count). The zero-order valence-electron chi connectivity index (χ0n) is 38.7. The Morgan fingerprint density at radius 1 is 0.460 bits per heavy atom. The first-order chi connectivity index (χ1) is 29.9. The molecule has 0 saturated heterocycles. The highest BCUT2D eigenvalue weighted by molar-refractivity contribution is 6.85. The van der Waals surface area contributed by atoms with Crippen LogP contribution in [0.4, 0.5) is 11.4 Å². The van der Waals surface area contributed by atoms with E-state index in [-0.39, 0.29) is 28.5 Å². The summed E-state index contributed by atoms with van der Waals surface area (Å²) >= 11 is 0. The highest BCUT2D eigenvalue weighted by atomic mass is 15.2. The molecular weight excluding hydrogens is 761 g/mol. The first-order valence-electron chi connectivity index (χ1n) is 23.0. The molecular formula is C59H56BN3. The van der Waals surface area contributed by atoms with Crippen LogP contribution in [-0.4, -0.2) is 15.9 Å². The second-order valence-electron chi connectivity index (χ2n) is 22.3. The van der Waals surface area contributed by atoms with Crippen molar-refractivity contribution in [1.29, 1.82) is 0 Å². The summed E-state index contributed by atoms with van der Waals surface area (Å²) in [6.45, 7) is 26.1. The molecule has 4 heterocycles. The minimum atomic E-state index is -0.268. The molecule has 0 N–H and O–H groups in total. The lowest BCUT2D eigenvalue weighted by atomic mass is 9.40. The largest absolute Gasteiger partial charge is 0.376 e. The van der Waals surface area contributed by atoms with Crippen molar-refractivity contribution < 1.29 is 0 Å². The van der Waals surface area contributed by atoms with E-state index in [1.807, 2.05) is 0 Å². The van der Waals surface area contributed by atoms with Crippen molar-refractivity contribution in [1.82, 2.24) is 9.05 Å². The van der Waals surface area contributed by atoms with E-state index in [4.69, 9.17) is 0 Å². The lowest BCUT2D eigenvalue weighted by Gasteiger charge is -2.43. The summed E-state index contributed by atoms with van der Waals surface area (Å²) in [5.74, 6) is 0. The number of anilines is 2. The first kappa shape index (κ1) is 38.4. The van der Waals surface area contributed by atoms with Gasteiger partial charge >= 0.3 is 6.85 Å². The van der Waals surface area contributed by atoms with Crippen LogP contribution in [0.2, 0.25) is 0 Å². The zero-order valence-corrected chi connectivity index (χ0v) is 38.7. The SMILES string of the molecule is CC(C)(C)c1ccc(N2C3=C(B4c5c(cc(C(C)(C)C)cc52)-c2cccc5c6cc7c(cc6n4c25)c2ccccc2n7-c2ccccc2)C(C)(C)c2ccc(C(C)(C)C)cc23)cc1. The van der Waals surface area contributed by atoms with Crippen molar-refractivity contribution in [3.8, 4) is 16.8 Å². The van der Waals surface area contributed by atoms with Gasteiger partial charge in [-0.15, -0.1) is 0 Å². The molecule has 63 heavy (non-hydrogen) atoms. The number of hydrogen-bond acceptors (Lipinski definition) is 1. The van der Waals surface area contributed by atoms with Gasteiger partial charge in [0.05, 0.1) is 11.0 Å². The van der Waals surface area contributed by atoms with E-state index in [0.717, 1.165) is 0 Å². The van der Waals surface area contributed by atoms with Crippen molar-refractivity contribution in [2.75, 3.05) is 4.90 Å². The van der Waals surface area contributed by atoms with Crippen LogP contribution in [0.3, 0.4) is 0 Å². The van der Waals surface area contributed by atoms with Crippen molar-refractivity contribution in [2.24, 2.45) is 0 Å². The molecule has 9 aromatic rings. The number of allylic oxidation sites excluding steroid dienone is 1. The lowest BCUT2D eigenvalue weighted by molar-refractivity contribution is 0.588. The third-order valence-corrected chi connectivity index (χ3v) is 14.9. The normalized spacial score (nSPS) is 15.5. The summed E-state index contributed by atoms with van der Waals surface area (Å²) in [5.41, 5.74) is 22.2. The van der Waals surface area contributed by atoms with Gasteiger partial charge in [0.15, 0.2) is 0 Å². The Morgan fingerprint density at radius 3 is 1.79 bits per heavy atom.